The standard InChI is InChI=1S/C37H46N6O7S/c1-8-24-19-37(24,35(46)42-51(47,48)27-10-11-27)43-20-26(50-34-28-12-9-25(49-7)17-23(28)13-14-38-34)18-29(43)32(44)41-33(45)31(36(4,5)6)40-30-16-21(2)15-22(3)39-30/h8-9,12-17,24,26-27,29,31H,1,10-11,18-20H2,2-7H3,(H,39,40)(H,42,46)(H,41,44,45)/t24-,26-,29+,31-,37-/m1/s1. The topological polar surface area (TPSA) is 169 Å². The number of pyridine rings is 2. The van der Waals surface area contributed by atoms with E-state index in [2.05, 4.69) is 31.9 Å². The number of benzene rings is 1. The Bertz CT molecular complexity index is 1970. The number of hydrogen-bond acceptors (Lipinski definition) is 11. The molecule has 3 amide bonds. The Kier molecular flexibility index (Phi) is 9.61. The number of amides is 3. The third kappa shape index (κ3) is 7.43. The zero-order chi connectivity index (χ0) is 36.9. The van der Waals surface area contributed by atoms with Crippen molar-refractivity contribution in [3.05, 3.63) is 66.5 Å². The number of imide groups is 1. The monoisotopic (exact) mass is 718 g/mol. The lowest BCUT2D eigenvalue weighted by Crippen LogP contribution is -2.59. The van der Waals surface area contributed by atoms with Crippen LogP contribution in [0.5, 0.6) is 11.6 Å². The average molecular weight is 719 g/mol. The maximum atomic E-state index is 14.3. The van der Waals surface area contributed by atoms with E-state index in [1.807, 2.05) is 65.0 Å². The molecule has 3 fully saturated rings. The van der Waals surface area contributed by atoms with Crippen LogP contribution in [0.1, 0.15) is 57.7 Å². The Labute approximate surface area is 298 Å². The number of carbonyl (C=O) groups is 3. The molecule has 14 heteroatoms. The van der Waals surface area contributed by atoms with E-state index in [1.165, 1.54) is 0 Å². The first-order chi connectivity index (χ1) is 24.0. The quantitative estimate of drug-likeness (QED) is 0.233. The van der Waals surface area contributed by atoms with Crippen LogP contribution in [0.4, 0.5) is 5.82 Å². The minimum absolute atomic E-state index is 0.0924. The van der Waals surface area contributed by atoms with Crippen LogP contribution in [0.25, 0.3) is 10.8 Å². The summed E-state index contributed by atoms with van der Waals surface area (Å²) in [5.41, 5.74) is -0.259. The van der Waals surface area contributed by atoms with Crippen molar-refractivity contribution in [1.29, 1.82) is 0 Å². The van der Waals surface area contributed by atoms with Gasteiger partial charge in [0, 0.05) is 36.2 Å². The molecule has 51 heavy (non-hydrogen) atoms. The zero-order valence-corrected chi connectivity index (χ0v) is 30.7. The molecule has 3 heterocycles. The van der Waals surface area contributed by atoms with Crippen LogP contribution in [0, 0.1) is 25.2 Å². The Balaban J connectivity index is 1.30. The molecule has 1 aromatic carbocycles. The number of carbonyl (C=O) groups excluding carboxylic acids is 3. The van der Waals surface area contributed by atoms with E-state index in [-0.39, 0.29) is 19.4 Å². The molecule has 3 N–H and O–H groups in total. The van der Waals surface area contributed by atoms with Crippen LogP contribution in [0.2, 0.25) is 0 Å². The molecule has 5 atom stereocenters. The molecule has 3 aromatic rings. The maximum Gasteiger partial charge on any atom is 0.254 e. The molecule has 0 radical (unpaired) electrons. The molecule has 6 rings (SSSR count). The van der Waals surface area contributed by atoms with Gasteiger partial charge in [-0.05, 0) is 85.9 Å². The number of hydrogen-bond donors (Lipinski definition) is 3. The number of fused-ring (bicyclic) bond motifs is 1. The highest BCUT2D eigenvalue weighted by Gasteiger charge is 2.67. The van der Waals surface area contributed by atoms with Gasteiger partial charge < -0.3 is 14.8 Å². The van der Waals surface area contributed by atoms with Crippen molar-refractivity contribution in [2.24, 2.45) is 11.3 Å². The van der Waals surface area contributed by atoms with Gasteiger partial charge >= 0.3 is 0 Å². The van der Waals surface area contributed by atoms with E-state index in [1.54, 1.807) is 30.3 Å². The summed E-state index contributed by atoms with van der Waals surface area (Å²) in [5, 5.41) is 6.78. The summed E-state index contributed by atoms with van der Waals surface area (Å²) in [7, 11) is -2.30. The van der Waals surface area contributed by atoms with Crippen molar-refractivity contribution in [1.82, 2.24) is 24.9 Å². The molecular formula is C37H46N6O7S. The fourth-order valence-electron chi connectivity index (χ4n) is 7.05. The molecule has 2 aliphatic carbocycles. The van der Waals surface area contributed by atoms with E-state index in [4.69, 9.17) is 9.47 Å². The zero-order valence-electron chi connectivity index (χ0n) is 29.9. The van der Waals surface area contributed by atoms with Crippen molar-refractivity contribution in [3.63, 3.8) is 0 Å². The summed E-state index contributed by atoms with van der Waals surface area (Å²) < 4.78 is 40.0. The van der Waals surface area contributed by atoms with Crippen LogP contribution >= 0.6 is 0 Å². The minimum atomic E-state index is -3.88. The summed E-state index contributed by atoms with van der Waals surface area (Å²) in [5.74, 6) is -0.824. The second-order valence-electron chi connectivity index (χ2n) is 15.0. The van der Waals surface area contributed by atoms with Gasteiger partial charge in [-0.25, -0.2) is 18.4 Å². The normalized spacial score (nSPS) is 24.0. The Hall–Kier alpha value is -4.56. The summed E-state index contributed by atoms with van der Waals surface area (Å²) in [6.07, 6.45) is 3.91. The van der Waals surface area contributed by atoms with Crippen LogP contribution in [-0.2, 0) is 24.4 Å². The largest absolute Gasteiger partial charge is 0.497 e. The van der Waals surface area contributed by atoms with Gasteiger partial charge in [0.15, 0.2) is 0 Å². The average Bonchev–Trinajstić information content (AvgIpc) is 3.99. The van der Waals surface area contributed by atoms with Gasteiger partial charge in [-0.3, -0.25) is 29.3 Å². The highest BCUT2D eigenvalue weighted by atomic mass is 32.2. The van der Waals surface area contributed by atoms with Gasteiger partial charge in [-0.1, -0.05) is 26.8 Å². The van der Waals surface area contributed by atoms with Gasteiger partial charge in [-0.15, -0.1) is 6.58 Å². The number of ether oxygens (including phenoxy) is 2. The molecule has 3 aliphatic rings. The van der Waals surface area contributed by atoms with Gasteiger partial charge in [0.1, 0.15) is 29.3 Å². The lowest BCUT2D eigenvalue weighted by atomic mass is 9.86. The Morgan fingerprint density at radius 2 is 1.86 bits per heavy atom. The first kappa shape index (κ1) is 36.2. The second kappa shape index (κ2) is 13.5. The molecule has 13 nitrogen and oxygen atoms in total. The molecule has 2 saturated carbocycles. The SMILES string of the molecule is C=C[C@@H]1C[C@@]1(C(=O)NS(=O)(=O)C1CC1)N1C[C@H](Oc2nccc3cc(OC)ccc23)C[C@H]1C(=O)NC(=O)[C@@H](Nc1cc(C)cc(C)n1)C(C)(C)C. The molecule has 2 aromatic heterocycles. The van der Waals surface area contributed by atoms with Crippen LogP contribution < -0.4 is 24.8 Å². The molecule has 0 spiro atoms. The minimum Gasteiger partial charge on any atom is -0.497 e. The lowest BCUT2D eigenvalue weighted by Gasteiger charge is -2.34. The van der Waals surface area contributed by atoms with Crippen molar-refractivity contribution >= 4 is 44.3 Å². The number of likely N-dealkylation sites (tertiary alicyclic amines) is 1. The van der Waals surface area contributed by atoms with E-state index in [9.17, 15) is 22.8 Å². The van der Waals surface area contributed by atoms with Gasteiger partial charge in [0.25, 0.3) is 5.91 Å². The summed E-state index contributed by atoms with van der Waals surface area (Å²) >= 11 is 0. The lowest BCUT2D eigenvalue weighted by molar-refractivity contribution is -0.136. The van der Waals surface area contributed by atoms with Crippen molar-refractivity contribution < 1.29 is 32.3 Å². The predicted molar refractivity (Wildman–Crippen MR) is 193 cm³/mol. The molecule has 272 valence electrons. The van der Waals surface area contributed by atoms with E-state index >= 15 is 0 Å². The smallest absolute Gasteiger partial charge is 0.254 e. The molecule has 1 aliphatic heterocycles. The van der Waals surface area contributed by atoms with Crippen LogP contribution in [-0.4, -0.2) is 83.6 Å². The number of rotatable bonds is 12. The van der Waals surface area contributed by atoms with E-state index in [0.29, 0.717) is 30.3 Å². The first-order valence-corrected chi connectivity index (χ1v) is 18.7. The molecule has 1 saturated heterocycles. The highest BCUT2D eigenvalue weighted by Crippen LogP contribution is 2.53. The maximum absolute atomic E-state index is 14.3. The Morgan fingerprint density at radius 1 is 1.12 bits per heavy atom. The third-order valence-electron chi connectivity index (χ3n) is 9.92. The first-order valence-electron chi connectivity index (χ1n) is 17.2. The fourth-order valence-corrected chi connectivity index (χ4v) is 8.41. The van der Waals surface area contributed by atoms with Gasteiger partial charge in [0.05, 0.1) is 18.4 Å². The summed E-state index contributed by atoms with van der Waals surface area (Å²) in [6, 6.07) is 9.21. The number of nitrogens with one attached hydrogen (secondary N) is 3. The van der Waals surface area contributed by atoms with Crippen molar-refractivity contribution in [3.8, 4) is 11.6 Å². The number of aryl methyl sites for hydroxylation is 2. The molecular weight excluding hydrogens is 673 g/mol. The number of nitrogens with zero attached hydrogens (tertiary/aromatic N) is 3. The van der Waals surface area contributed by atoms with Crippen LogP contribution in [0.15, 0.2) is 55.3 Å². The fraction of sp³-hybridized carbons (Fsp3) is 0.486. The second-order valence-corrected chi connectivity index (χ2v) is 16.9. The molecule has 0 unspecified atom stereocenters. The van der Waals surface area contributed by atoms with Crippen molar-refractivity contribution in [2.45, 2.75) is 89.3 Å². The van der Waals surface area contributed by atoms with E-state index < -0.39 is 68.1 Å². The third-order valence-corrected chi connectivity index (χ3v) is 11.7. The summed E-state index contributed by atoms with van der Waals surface area (Å²) in [6.45, 7) is 13.4. The number of sulfonamides is 1. The van der Waals surface area contributed by atoms with Gasteiger partial charge in [-0.2, -0.15) is 0 Å². The number of methoxy groups -OCH3 is 1. The summed E-state index contributed by atoms with van der Waals surface area (Å²) in [4.78, 5) is 52.8. The number of aromatic nitrogens is 2. The highest BCUT2D eigenvalue weighted by molar-refractivity contribution is 7.91. The predicted octanol–water partition coefficient (Wildman–Crippen LogP) is 3.80. The Morgan fingerprint density at radius 3 is 2.49 bits per heavy atom. The van der Waals surface area contributed by atoms with Gasteiger partial charge in [0.2, 0.25) is 27.7 Å². The molecule has 0 bridgehead atoms. The van der Waals surface area contributed by atoms with Crippen LogP contribution in [0.3, 0.4) is 0 Å². The van der Waals surface area contributed by atoms with Crippen molar-refractivity contribution in [2.75, 3.05) is 19.0 Å². The number of anilines is 1. The van der Waals surface area contributed by atoms with E-state index in [0.717, 1.165) is 22.0 Å².